The summed E-state index contributed by atoms with van der Waals surface area (Å²) in [6.07, 6.45) is 3.30. The van der Waals surface area contributed by atoms with Gasteiger partial charge in [-0.2, -0.15) is 0 Å². The molecular formula is C17H15FN6O2S. The molecule has 138 valence electrons. The van der Waals surface area contributed by atoms with Gasteiger partial charge < -0.3 is 10.6 Å². The zero-order valence-corrected chi connectivity index (χ0v) is 14.8. The van der Waals surface area contributed by atoms with E-state index in [0.717, 1.165) is 17.3 Å². The van der Waals surface area contributed by atoms with E-state index in [1.807, 2.05) is 0 Å². The third-order valence-corrected chi connectivity index (χ3v) is 4.17. The Morgan fingerprint density at radius 2 is 1.81 bits per heavy atom. The summed E-state index contributed by atoms with van der Waals surface area (Å²) >= 11 is 1.15. The first kappa shape index (κ1) is 18.5. The first-order chi connectivity index (χ1) is 13.1. The van der Waals surface area contributed by atoms with Gasteiger partial charge in [-0.1, -0.05) is 11.8 Å². The second kappa shape index (κ2) is 8.90. The third kappa shape index (κ3) is 5.61. The summed E-state index contributed by atoms with van der Waals surface area (Å²) in [6, 6.07) is 8.94. The van der Waals surface area contributed by atoms with Crippen LogP contribution in [0.1, 0.15) is 0 Å². The Balaban J connectivity index is 1.41. The van der Waals surface area contributed by atoms with Crippen LogP contribution in [0, 0.1) is 5.82 Å². The van der Waals surface area contributed by atoms with Gasteiger partial charge >= 0.3 is 0 Å². The molecule has 10 heteroatoms. The number of hydrogen-bond donors (Lipinski definition) is 3. The van der Waals surface area contributed by atoms with Crippen LogP contribution >= 0.6 is 11.8 Å². The van der Waals surface area contributed by atoms with Gasteiger partial charge in [0.15, 0.2) is 5.82 Å². The molecule has 0 aliphatic carbocycles. The highest BCUT2D eigenvalue weighted by atomic mass is 32.2. The van der Waals surface area contributed by atoms with Gasteiger partial charge in [-0.25, -0.2) is 9.37 Å². The van der Waals surface area contributed by atoms with Gasteiger partial charge in [-0.05, 0) is 36.4 Å². The first-order valence-corrected chi connectivity index (χ1v) is 8.86. The minimum Gasteiger partial charge on any atom is -0.346 e. The Kier molecular flexibility index (Phi) is 6.10. The zero-order chi connectivity index (χ0) is 19.1. The number of benzene rings is 1. The molecule has 0 radical (unpaired) electrons. The fourth-order valence-corrected chi connectivity index (χ4v) is 2.68. The number of carbonyl (C=O) groups excluding carboxylic acids is 2. The number of amides is 2. The van der Waals surface area contributed by atoms with Crippen LogP contribution in [0.5, 0.6) is 0 Å². The van der Waals surface area contributed by atoms with Crippen molar-refractivity contribution in [3.8, 4) is 11.4 Å². The number of nitrogens with zero attached hydrogens (tertiary/aromatic N) is 3. The van der Waals surface area contributed by atoms with Crippen LogP contribution in [0.25, 0.3) is 11.4 Å². The van der Waals surface area contributed by atoms with Gasteiger partial charge in [0.05, 0.1) is 12.3 Å². The van der Waals surface area contributed by atoms with Crippen molar-refractivity contribution in [3.05, 3.63) is 54.6 Å². The maximum Gasteiger partial charge on any atom is 0.243 e. The molecule has 0 unspecified atom stereocenters. The zero-order valence-electron chi connectivity index (χ0n) is 14.0. The molecule has 0 atom stereocenters. The van der Waals surface area contributed by atoms with Crippen molar-refractivity contribution < 1.29 is 14.0 Å². The number of carbonyl (C=O) groups is 2. The van der Waals surface area contributed by atoms with E-state index in [1.165, 1.54) is 24.3 Å². The van der Waals surface area contributed by atoms with Gasteiger partial charge in [-0.15, -0.1) is 5.10 Å². The Hall–Kier alpha value is -3.27. The average molecular weight is 386 g/mol. The Bertz CT molecular complexity index is 917. The summed E-state index contributed by atoms with van der Waals surface area (Å²) in [5.74, 6) is -0.476. The molecule has 27 heavy (non-hydrogen) atoms. The quantitative estimate of drug-likeness (QED) is 0.534. The Labute approximate surface area is 158 Å². The van der Waals surface area contributed by atoms with Crippen molar-refractivity contribution in [1.29, 1.82) is 0 Å². The van der Waals surface area contributed by atoms with E-state index in [9.17, 15) is 14.0 Å². The van der Waals surface area contributed by atoms with E-state index in [1.54, 1.807) is 24.5 Å². The summed E-state index contributed by atoms with van der Waals surface area (Å²) < 4.78 is 12.8. The van der Waals surface area contributed by atoms with Crippen LogP contribution in [-0.4, -0.2) is 44.3 Å². The summed E-state index contributed by atoms with van der Waals surface area (Å²) in [7, 11) is 0. The molecule has 0 aliphatic heterocycles. The molecule has 8 nitrogen and oxygen atoms in total. The number of aromatic amines is 1. The molecule has 0 saturated heterocycles. The van der Waals surface area contributed by atoms with Gasteiger partial charge in [0.25, 0.3) is 0 Å². The molecule has 0 bridgehead atoms. The Morgan fingerprint density at radius 3 is 2.56 bits per heavy atom. The lowest BCUT2D eigenvalue weighted by molar-refractivity contribution is -0.122. The largest absolute Gasteiger partial charge is 0.346 e. The highest BCUT2D eigenvalue weighted by Crippen LogP contribution is 2.18. The minimum absolute atomic E-state index is 0.0669. The number of hydrogen-bond acceptors (Lipinski definition) is 6. The molecule has 2 amide bonds. The van der Waals surface area contributed by atoms with E-state index >= 15 is 0 Å². The fraction of sp³-hybridized carbons (Fsp3) is 0.118. The predicted molar refractivity (Wildman–Crippen MR) is 98.4 cm³/mol. The van der Waals surface area contributed by atoms with E-state index in [-0.39, 0.29) is 18.2 Å². The molecule has 1 aromatic carbocycles. The van der Waals surface area contributed by atoms with Crippen molar-refractivity contribution in [1.82, 2.24) is 25.5 Å². The van der Waals surface area contributed by atoms with Crippen molar-refractivity contribution >= 4 is 29.3 Å². The van der Waals surface area contributed by atoms with Crippen molar-refractivity contribution in [2.24, 2.45) is 0 Å². The number of nitrogens with one attached hydrogen (secondary N) is 3. The molecule has 0 aliphatic rings. The number of pyridine rings is 1. The maximum atomic E-state index is 12.8. The van der Waals surface area contributed by atoms with E-state index < -0.39 is 11.7 Å². The van der Waals surface area contributed by atoms with Gasteiger partial charge in [0.2, 0.25) is 17.0 Å². The van der Waals surface area contributed by atoms with Crippen LogP contribution in [-0.2, 0) is 9.59 Å². The molecule has 0 fully saturated rings. The second-order valence-corrected chi connectivity index (χ2v) is 6.27. The van der Waals surface area contributed by atoms with Crippen LogP contribution in [0.4, 0.5) is 10.1 Å². The lowest BCUT2D eigenvalue weighted by atomic mass is 10.3. The van der Waals surface area contributed by atoms with E-state index in [2.05, 4.69) is 30.8 Å². The Morgan fingerprint density at radius 1 is 1.07 bits per heavy atom. The smallest absolute Gasteiger partial charge is 0.243 e. The molecular weight excluding hydrogens is 371 g/mol. The topological polar surface area (TPSA) is 113 Å². The number of H-pyrrole nitrogens is 1. The minimum atomic E-state index is -0.405. The van der Waals surface area contributed by atoms with Gasteiger partial charge in [0, 0.05) is 23.6 Å². The molecule has 2 heterocycles. The van der Waals surface area contributed by atoms with Crippen LogP contribution in [0.2, 0.25) is 0 Å². The standard InChI is InChI=1S/C17H15FN6O2S/c18-12-1-3-13(4-2-12)21-14(25)9-20-15(26)10-27-17-22-16(23-24-17)11-5-7-19-8-6-11/h1-8H,9-10H2,(H,20,26)(H,21,25)(H,22,23,24). The molecule has 2 aromatic heterocycles. The second-order valence-electron chi connectivity index (χ2n) is 5.32. The monoisotopic (exact) mass is 386 g/mol. The van der Waals surface area contributed by atoms with Crippen LogP contribution < -0.4 is 10.6 Å². The number of aromatic nitrogens is 4. The lowest BCUT2D eigenvalue weighted by Gasteiger charge is -2.06. The molecule has 3 rings (SSSR count). The molecule has 0 spiro atoms. The predicted octanol–water partition coefficient (Wildman–Crippen LogP) is 1.85. The molecule has 3 N–H and O–H groups in total. The average Bonchev–Trinajstić information content (AvgIpc) is 3.16. The number of anilines is 1. The highest BCUT2D eigenvalue weighted by Gasteiger charge is 2.10. The lowest BCUT2D eigenvalue weighted by Crippen LogP contribution is -2.33. The molecule has 0 saturated carbocycles. The number of halogens is 1. The number of thioether (sulfide) groups is 1. The van der Waals surface area contributed by atoms with Crippen molar-refractivity contribution in [3.63, 3.8) is 0 Å². The first-order valence-electron chi connectivity index (χ1n) is 7.88. The summed E-state index contributed by atoms with van der Waals surface area (Å²) in [6.45, 7) is -0.187. The van der Waals surface area contributed by atoms with Crippen LogP contribution in [0.3, 0.4) is 0 Å². The van der Waals surface area contributed by atoms with E-state index in [4.69, 9.17) is 0 Å². The summed E-state index contributed by atoms with van der Waals surface area (Å²) in [4.78, 5) is 31.9. The van der Waals surface area contributed by atoms with Crippen molar-refractivity contribution in [2.75, 3.05) is 17.6 Å². The van der Waals surface area contributed by atoms with Crippen molar-refractivity contribution in [2.45, 2.75) is 5.16 Å². The fourth-order valence-electron chi connectivity index (χ4n) is 2.05. The number of rotatable bonds is 7. The maximum absolute atomic E-state index is 12.8. The highest BCUT2D eigenvalue weighted by molar-refractivity contribution is 7.99. The third-order valence-electron chi connectivity index (χ3n) is 3.33. The summed E-state index contributed by atoms with van der Waals surface area (Å²) in [5.41, 5.74) is 1.29. The van der Waals surface area contributed by atoms with Gasteiger partial charge in [0.1, 0.15) is 5.82 Å². The van der Waals surface area contributed by atoms with Gasteiger partial charge in [-0.3, -0.25) is 19.7 Å². The molecule has 3 aromatic rings. The van der Waals surface area contributed by atoms with E-state index in [0.29, 0.717) is 16.7 Å². The summed E-state index contributed by atoms with van der Waals surface area (Å²) in [5, 5.41) is 12.3. The normalized spacial score (nSPS) is 10.4. The van der Waals surface area contributed by atoms with Crippen LogP contribution in [0.15, 0.2) is 53.9 Å². The SMILES string of the molecule is O=C(CSc1n[nH]c(-c2ccncc2)n1)NCC(=O)Nc1ccc(F)cc1.